The zero-order valence-electron chi connectivity index (χ0n) is 11.7. The standard InChI is InChI=1S/C12H7BrClF3N4O2S/c1-24(22,23)10-8(4-18)20-21(11(10)19)9-6(13)2-5(3-7(9)14)12(15,16)17/h2-3H,19H2,1H3. The fraction of sp³-hybridized carbons (Fsp3) is 0.167. The number of sulfone groups is 1. The summed E-state index contributed by atoms with van der Waals surface area (Å²) in [6.07, 6.45) is -3.80. The van der Waals surface area contributed by atoms with Gasteiger partial charge in [0, 0.05) is 10.7 Å². The van der Waals surface area contributed by atoms with Gasteiger partial charge in [-0.1, -0.05) is 11.6 Å². The van der Waals surface area contributed by atoms with E-state index in [4.69, 9.17) is 22.6 Å². The predicted molar refractivity (Wildman–Crippen MR) is 83.5 cm³/mol. The number of nitrogens with two attached hydrogens (primary N) is 1. The molecule has 128 valence electrons. The van der Waals surface area contributed by atoms with Crippen molar-refractivity contribution in [2.45, 2.75) is 11.1 Å². The topological polar surface area (TPSA) is 102 Å². The molecule has 0 amide bonds. The van der Waals surface area contributed by atoms with Crippen molar-refractivity contribution in [1.82, 2.24) is 9.78 Å². The molecule has 0 atom stereocenters. The molecule has 6 nitrogen and oxygen atoms in total. The summed E-state index contributed by atoms with van der Waals surface area (Å²) in [7, 11) is -3.89. The molecule has 0 aliphatic rings. The molecule has 0 radical (unpaired) electrons. The van der Waals surface area contributed by atoms with Gasteiger partial charge in [-0.25, -0.2) is 13.1 Å². The Labute approximate surface area is 147 Å². The lowest BCUT2D eigenvalue weighted by atomic mass is 10.2. The van der Waals surface area contributed by atoms with Gasteiger partial charge in [-0.2, -0.15) is 23.5 Å². The van der Waals surface area contributed by atoms with Crippen LogP contribution < -0.4 is 5.73 Å². The smallest absolute Gasteiger partial charge is 0.382 e. The second-order valence-corrected chi connectivity index (χ2v) is 7.86. The zero-order chi connectivity index (χ0) is 18.4. The predicted octanol–water partition coefficient (Wildman–Crippen LogP) is 3.16. The first-order chi connectivity index (χ1) is 10.9. The second-order valence-electron chi connectivity index (χ2n) is 4.65. The minimum atomic E-state index is -4.63. The lowest BCUT2D eigenvalue weighted by Crippen LogP contribution is -2.09. The average molecular weight is 444 g/mol. The Morgan fingerprint density at radius 1 is 1.42 bits per heavy atom. The highest BCUT2D eigenvalue weighted by Gasteiger charge is 2.33. The van der Waals surface area contributed by atoms with Crippen molar-refractivity contribution >= 4 is 43.2 Å². The minimum absolute atomic E-state index is 0.117. The number of nitrogens with zero attached hydrogens (tertiary/aromatic N) is 3. The lowest BCUT2D eigenvalue weighted by molar-refractivity contribution is -0.137. The van der Waals surface area contributed by atoms with E-state index in [9.17, 15) is 21.6 Å². The molecule has 0 aliphatic carbocycles. The van der Waals surface area contributed by atoms with Gasteiger partial charge in [0.15, 0.2) is 15.5 Å². The van der Waals surface area contributed by atoms with Gasteiger partial charge in [-0.15, -0.1) is 0 Å². The fourth-order valence-corrected chi connectivity index (χ4v) is 3.90. The Morgan fingerprint density at radius 2 is 2.00 bits per heavy atom. The Morgan fingerprint density at radius 3 is 2.38 bits per heavy atom. The number of hydrogen-bond acceptors (Lipinski definition) is 5. The second kappa shape index (κ2) is 5.94. The van der Waals surface area contributed by atoms with E-state index in [-0.39, 0.29) is 15.2 Å². The summed E-state index contributed by atoms with van der Waals surface area (Å²) in [5, 5.41) is 12.4. The summed E-state index contributed by atoms with van der Waals surface area (Å²) >= 11 is 8.82. The molecule has 0 saturated heterocycles. The minimum Gasteiger partial charge on any atom is -0.382 e. The van der Waals surface area contributed by atoms with Crippen LogP contribution in [0, 0.1) is 11.3 Å². The molecule has 0 saturated carbocycles. The zero-order valence-corrected chi connectivity index (χ0v) is 14.8. The Balaban J connectivity index is 2.80. The Hall–Kier alpha value is -1.77. The van der Waals surface area contributed by atoms with Crippen LogP contribution in [0.5, 0.6) is 0 Å². The molecule has 0 bridgehead atoms. The number of alkyl halides is 3. The molecule has 0 unspecified atom stereocenters. The van der Waals surface area contributed by atoms with Crippen LogP contribution in [0.2, 0.25) is 5.02 Å². The van der Waals surface area contributed by atoms with Crippen LogP contribution in [0.1, 0.15) is 11.3 Å². The van der Waals surface area contributed by atoms with Crippen LogP contribution in [0.15, 0.2) is 21.5 Å². The summed E-state index contributed by atoms with van der Waals surface area (Å²) in [5.74, 6) is -0.434. The molecule has 12 heteroatoms. The molecule has 0 fully saturated rings. The SMILES string of the molecule is CS(=O)(=O)c1c(C#N)nn(-c2c(Cl)cc(C(F)(F)F)cc2Br)c1N. The number of nitriles is 1. The van der Waals surface area contributed by atoms with Gasteiger partial charge in [-0.05, 0) is 28.1 Å². The largest absolute Gasteiger partial charge is 0.416 e. The molecule has 2 N–H and O–H groups in total. The molecular weight excluding hydrogens is 437 g/mol. The molecule has 24 heavy (non-hydrogen) atoms. The number of halogens is 5. The summed E-state index contributed by atoms with van der Waals surface area (Å²) in [6, 6.07) is 2.97. The highest BCUT2D eigenvalue weighted by Crippen LogP contribution is 2.39. The highest BCUT2D eigenvalue weighted by molar-refractivity contribution is 9.10. The third kappa shape index (κ3) is 3.22. The molecule has 1 heterocycles. The first-order valence-corrected chi connectivity index (χ1v) is 8.99. The number of anilines is 1. The molecule has 2 rings (SSSR count). The maximum absolute atomic E-state index is 12.8. The molecule has 0 aliphatic heterocycles. The first-order valence-electron chi connectivity index (χ1n) is 5.93. The number of benzene rings is 1. The van der Waals surface area contributed by atoms with Gasteiger partial charge >= 0.3 is 6.18 Å². The van der Waals surface area contributed by atoms with Crippen molar-refractivity contribution in [2.75, 3.05) is 12.0 Å². The van der Waals surface area contributed by atoms with Crippen molar-refractivity contribution in [2.24, 2.45) is 0 Å². The average Bonchev–Trinajstić information content (AvgIpc) is 2.74. The van der Waals surface area contributed by atoms with Crippen molar-refractivity contribution in [3.05, 3.63) is 32.9 Å². The van der Waals surface area contributed by atoms with Gasteiger partial charge < -0.3 is 5.73 Å². The van der Waals surface area contributed by atoms with E-state index in [1.807, 2.05) is 0 Å². The summed E-state index contributed by atoms with van der Waals surface area (Å²) in [5.41, 5.74) is 4.11. The van der Waals surface area contributed by atoms with Crippen LogP contribution in [0.3, 0.4) is 0 Å². The summed E-state index contributed by atoms with van der Waals surface area (Å²) in [6.45, 7) is 0. The maximum atomic E-state index is 12.8. The number of aromatic nitrogens is 2. The van der Waals surface area contributed by atoms with Gasteiger partial charge in [-0.3, -0.25) is 0 Å². The van der Waals surface area contributed by atoms with Gasteiger partial charge in [0.1, 0.15) is 16.8 Å². The Kier molecular flexibility index (Phi) is 4.60. The lowest BCUT2D eigenvalue weighted by Gasteiger charge is -2.13. The molecule has 1 aromatic heterocycles. The van der Waals surface area contributed by atoms with Gasteiger partial charge in [0.2, 0.25) is 0 Å². The van der Waals surface area contributed by atoms with Crippen molar-refractivity contribution in [3.8, 4) is 11.8 Å². The third-order valence-corrected chi connectivity index (χ3v) is 4.95. The molecular formula is C12H7BrClF3N4O2S. The van der Waals surface area contributed by atoms with Crippen molar-refractivity contribution in [3.63, 3.8) is 0 Å². The number of hydrogen-bond donors (Lipinski definition) is 1. The summed E-state index contributed by atoms with van der Waals surface area (Å²) in [4.78, 5) is -0.520. The fourth-order valence-electron chi connectivity index (χ4n) is 1.96. The maximum Gasteiger partial charge on any atom is 0.416 e. The van der Waals surface area contributed by atoms with Crippen molar-refractivity contribution in [1.29, 1.82) is 5.26 Å². The Bertz CT molecular complexity index is 956. The van der Waals surface area contributed by atoms with Gasteiger partial charge in [0.05, 0.1) is 16.3 Å². The van der Waals surface area contributed by atoms with E-state index in [0.29, 0.717) is 6.07 Å². The molecule has 2 aromatic rings. The molecule has 0 spiro atoms. The van der Waals surface area contributed by atoms with Crippen LogP contribution in [-0.4, -0.2) is 24.5 Å². The quantitative estimate of drug-likeness (QED) is 0.768. The third-order valence-electron chi connectivity index (χ3n) is 2.91. The van der Waals surface area contributed by atoms with Crippen LogP contribution in [0.4, 0.5) is 19.0 Å². The van der Waals surface area contributed by atoms with E-state index >= 15 is 0 Å². The summed E-state index contributed by atoms with van der Waals surface area (Å²) < 4.78 is 62.6. The van der Waals surface area contributed by atoms with E-state index in [2.05, 4.69) is 21.0 Å². The van der Waals surface area contributed by atoms with E-state index in [1.165, 1.54) is 0 Å². The highest BCUT2D eigenvalue weighted by atomic mass is 79.9. The van der Waals surface area contributed by atoms with Gasteiger partial charge in [0.25, 0.3) is 0 Å². The van der Waals surface area contributed by atoms with E-state index < -0.39 is 38.0 Å². The van der Waals surface area contributed by atoms with Crippen LogP contribution in [0.25, 0.3) is 5.69 Å². The normalized spacial score (nSPS) is 12.2. The number of rotatable bonds is 2. The van der Waals surface area contributed by atoms with E-state index in [1.54, 1.807) is 6.07 Å². The molecule has 1 aromatic carbocycles. The van der Waals surface area contributed by atoms with Crippen LogP contribution >= 0.6 is 27.5 Å². The monoisotopic (exact) mass is 442 g/mol. The van der Waals surface area contributed by atoms with Crippen molar-refractivity contribution < 1.29 is 21.6 Å². The number of nitrogen functional groups attached to an aromatic ring is 1. The first kappa shape index (κ1) is 18.6. The van der Waals surface area contributed by atoms with E-state index in [0.717, 1.165) is 17.0 Å². The van der Waals surface area contributed by atoms with Crippen LogP contribution in [-0.2, 0) is 16.0 Å².